The van der Waals surface area contributed by atoms with Crippen molar-refractivity contribution in [2.45, 2.75) is 20.4 Å². The van der Waals surface area contributed by atoms with Gasteiger partial charge in [-0.2, -0.15) is 0 Å². The molecule has 4 N–H and O–H groups in total. The quantitative estimate of drug-likeness (QED) is 0.376. The summed E-state index contributed by atoms with van der Waals surface area (Å²) in [6.07, 6.45) is 1.35. The Balaban J connectivity index is 1.85. The molecule has 4 aromatic rings. The van der Waals surface area contributed by atoms with Crippen molar-refractivity contribution >= 4 is 28.1 Å². The second kappa shape index (κ2) is 9.22. The highest BCUT2D eigenvalue weighted by atomic mass is 16.5. The van der Waals surface area contributed by atoms with Crippen molar-refractivity contribution in [2.24, 2.45) is 0 Å². The molecule has 8 heteroatoms. The van der Waals surface area contributed by atoms with E-state index in [0.717, 1.165) is 27.9 Å². The number of nitrogen functional groups attached to an aromatic ring is 1. The summed E-state index contributed by atoms with van der Waals surface area (Å²) in [5.41, 5.74) is 10.0. The third kappa shape index (κ3) is 4.20. The van der Waals surface area contributed by atoms with E-state index in [9.17, 15) is 4.79 Å². The van der Waals surface area contributed by atoms with Gasteiger partial charge < -0.3 is 21.2 Å². The predicted octanol–water partition coefficient (Wildman–Crippen LogP) is 3.61. The van der Waals surface area contributed by atoms with Gasteiger partial charge in [0.15, 0.2) is 0 Å². The lowest BCUT2D eigenvalue weighted by molar-refractivity contribution is 0.245. The van der Waals surface area contributed by atoms with Gasteiger partial charge in [-0.05, 0) is 42.5 Å². The molecule has 2 aromatic heterocycles. The topological polar surface area (TPSA) is 119 Å². The zero-order chi connectivity index (χ0) is 23.5. The summed E-state index contributed by atoms with van der Waals surface area (Å²) in [7, 11) is 1.51. The number of nitrogens with one attached hydrogen (secondary N) is 2. The maximum Gasteiger partial charge on any atom is 0.263 e. The highest BCUT2D eigenvalue weighted by molar-refractivity contribution is 6.06. The molecular weight excluding hydrogens is 416 g/mol. The minimum Gasteiger partial charge on any atom is -0.383 e. The van der Waals surface area contributed by atoms with Crippen LogP contribution in [0, 0.1) is 19.3 Å². The van der Waals surface area contributed by atoms with Gasteiger partial charge in [-0.3, -0.25) is 9.36 Å². The van der Waals surface area contributed by atoms with E-state index < -0.39 is 0 Å². The second-order valence-electron chi connectivity index (χ2n) is 7.85. The second-order valence-corrected chi connectivity index (χ2v) is 7.85. The Bertz CT molecular complexity index is 1410. The molecule has 0 radical (unpaired) electrons. The number of nitrogens with two attached hydrogens (primary N) is 1. The molecule has 0 unspecified atom stereocenters. The fourth-order valence-corrected chi connectivity index (χ4v) is 4.02. The molecule has 0 aliphatic heterocycles. The molecule has 8 nitrogen and oxygen atoms in total. The van der Waals surface area contributed by atoms with Crippen LogP contribution in [-0.4, -0.2) is 34.0 Å². The molecule has 0 aliphatic carbocycles. The number of rotatable bonds is 7. The monoisotopic (exact) mass is 442 g/mol. The Hall–Kier alpha value is -4.04. The van der Waals surface area contributed by atoms with Gasteiger partial charge in [0, 0.05) is 12.8 Å². The van der Waals surface area contributed by atoms with Crippen molar-refractivity contribution in [2.75, 3.05) is 24.8 Å². The van der Waals surface area contributed by atoms with Crippen molar-refractivity contribution < 1.29 is 4.74 Å². The number of methoxy groups -OCH3 is 1. The van der Waals surface area contributed by atoms with Crippen molar-refractivity contribution in [1.82, 2.24) is 14.5 Å². The van der Waals surface area contributed by atoms with Crippen molar-refractivity contribution in [3.05, 3.63) is 87.6 Å². The van der Waals surface area contributed by atoms with Gasteiger partial charge in [0.1, 0.15) is 18.0 Å². The number of hydrogen-bond acceptors (Lipinski definition) is 7. The third-order valence-electron chi connectivity index (χ3n) is 5.59. The number of aryl methyl sites for hydroxylation is 2. The first-order valence-electron chi connectivity index (χ1n) is 10.5. The van der Waals surface area contributed by atoms with E-state index in [4.69, 9.17) is 15.9 Å². The van der Waals surface area contributed by atoms with Gasteiger partial charge in [0.25, 0.3) is 5.56 Å². The predicted molar refractivity (Wildman–Crippen MR) is 131 cm³/mol. The molecule has 168 valence electrons. The third-order valence-corrected chi connectivity index (χ3v) is 5.59. The van der Waals surface area contributed by atoms with Crippen LogP contribution < -0.4 is 16.6 Å². The molecule has 2 heterocycles. The summed E-state index contributed by atoms with van der Waals surface area (Å²) in [6.45, 7) is 4.30. The Morgan fingerprint density at radius 1 is 1.12 bits per heavy atom. The number of benzene rings is 2. The summed E-state index contributed by atoms with van der Waals surface area (Å²) in [5.74, 6) is 0.609. The smallest absolute Gasteiger partial charge is 0.263 e. The van der Waals surface area contributed by atoms with E-state index in [2.05, 4.69) is 15.3 Å². The lowest BCUT2D eigenvalue weighted by Gasteiger charge is -2.19. The number of nitrogens with zero attached hydrogens (tertiary/aromatic N) is 3. The van der Waals surface area contributed by atoms with E-state index >= 15 is 0 Å². The summed E-state index contributed by atoms with van der Waals surface area (Å²) >= 11 is 0. The van der Waals surface area contributed by atoms with Crippen LogP contribution in [0.15, 0.2) is 59.7 Å². The number of aromatic nitrogens is 3. The zero-order valence-corrected chi connectivity index (χ0v) is 18.8. The maximum atomic E-state index is 13.7. The lowest BCUT2D eigenvalue weighted by Crippen LogP contribution is -2.25. The Kier molecular flexibility index (Phi) is 6.19. The van der Waals surface area contributed by atoms with E-state index in [1.807, 2.05) is 62.4 Å². The molecule has 33 heavy (non-hydrogen) atoms. The molecule has 2 aromatic carbocycles. The highest BCUT2D eigenvalue weighted by Gasteiger charge is 2.17. The van der Waals surface area contributed by atoms with Gasteiger partial charge in [-0.15, -0.1) is 0 Å². The number of anilines is 2. The minimum absolute atomic E-state index is 0.0775. The van der Waals surface area contributed by atoms with Crippen LogP contribution in [0.3, 0.4) is 0 Å². The standard InChI is InChI=1S/C25H26N6O2/c1-15-7-4-5-10-20(15)31-18(11-17-9-6-8-16(2)21(17)25(31)32)12-28-24-22(19(26)13-33-3)23(27)29-14-30-24/h4-11,14,26H,12-13H2,1-3H3,(H3,27,28,29,30). The van der Waals surface area contributed by atoms with Gasteiger partial charge in [-0.25, -0.2) is 9.97 Å². The van der Waals surface area contributed by atoms with E-state index in [0.29, 0.717) is 16.8 Å². The van der Waals surface area contributed by atoms with E-state index in [-0.39, 0.29) is 30.2 Å². The molecule has 0 fully saturated rings. The number of ether oxygens (including phenoxy) is 1. The Morgan fingerprint density at radius 2 is 1.88 bits per heavy atom. The largest absolute Gasteiger partial charge is 0.383 e. The Morgan fingerprint density at radius 3 is 2.64 bits per heavy atom. The van der Waals surface area contributed by atoms with E-state index in [1.165, 1.54) is 13.4 Å². The molecule has 0 spiro atoms. The van der Waals surface area contributed by atoms with Crippen LogP contribution in [0.2, 0.25) is 0 Å². The van der Waals surface area contributed by atoms with Crippen LogP contribution in [0.1, 0.15) is 22.4 Å². The molecule has 0 saturated carbocycles. The minimum atomic E-state index is -0.0775. The lowest BCUT2D eigenvalue weighted by atomic mass is 10.1. The number of para-hydroxylation sites is 1. The van der Waals surface area contributed by atoms with Crippen molar-refractivity contribution in [3.8, 4) is 5.69 Å². The first-order valence-corrected chi connectivity index (χ1v) is 10.5. The highest BCUT2D eigenvalue weighted by Crippen LogP contribution is 2.23. The average molecular weight is 443 g/mol. The normalized spacial score (nSPS) is 11.0. The fraction of sp³-hybridized carbons (Fsp3) is 0.200. The molecule has 0 aliphatic rings. The average Bonchev–Trinajstić information content (AvgIpc) is 2.78. The molecular formula is C25H26N6O2. The van der Waals surface area contributed by atoms with Gasteiger partial charge in [0.2, 0.25) is 0 Å². The van der Waals surface area contributed by atoms with E-state index in [1.54, 1.807) is 4.57 Å². The fourth-order valence-electron chi connectivity index (χ4n) is 4.02. The van der Waals surface area contributed by atoms with Crippen LogP contribution in [0.4, 0.5) is 11.6 Å². The molecule has 0 atom stereocenters. The molecule has 0 saturated heterocycles. The number of fused-ring (bicyclic) bond motifs is 1. The molecule has 0 bridgehead atoms. The zero-order valence-electron chi connectivity index (χ0n) is 18.8. The summed E-state index contributed by atoms with van der Waals surface area (Å²) < 4.78 is 6.83. The van der Waals surface area contributed by atoms with Crippen LogP contribution >= 0.6 is 0 Å². The summed E-state index contributed by atoms with van der Waals surface area (Å²) in [5, 5.41) is 13.1. The van der Waals surface area contributed by atoms with Gasteiger partial charge in [0.05, 0.1) is 35.5 Å². The first-order chi connectivity index (χ1) is 15.9. The molecule has 4 rings (SSSR count). The van der Waals surface area contributed by atoms with Crippen molar-refractivity contribution in [1.29, 1.82) is 5.41 Å². The molecule has 0 amide bonds. The van der Waals surface area contributed by atoms with Gasteiger partial charge in [-0.1, -0.05) is 36.4 Å². The first kappa shape index (κ1) is 22.2. The van der Waals surface area contributed by atoms with Gasteiger partial charge >= 0.3 is 0 Å². The van der Waals surface area contributed by atoms with Crippen molar-refractivity contribution in [3.63, 3.8) is 0 Å². The van der Waals surface area contributed by atoms with Crippen LogP contribution in [0.25, 0.3) is 16.5 Å². The Labute approximate surface area is 191 Å². The van der Waals surface area contributed by atoms with Crippen LogP contribution in [0.5, 0.6) is 0 Å². The maximum absolute atomic E-state index is 13.7. The summed E-state index contributed by atoms with van der Waals surface area (Å²) in [4.78, 5) is 22.0. The number of hydrogen-bond donors (Lipinski definition) is 3. The van der Waals surface area contributed by atoms with Crippen LogP contribution in [-0.2, 0) is 11.3 Å². The SMILES string of the molecule is COCC(=N)c1c(N)ncnc1NCc1cc2cccc(C)c2c(=O)n1-c1ccccc1C. The number of pyridine rings is 1. The summed E-state index contributed by atoms with van der Waals surface area (Å²) in [6, 6.07) is 15.6.